The highest BCUT2D eigenvalue weighted by molar-refractivity contribution is 6.09. The van der Waals surface area contributed by atoms with Gasteiger partial charge in [-0.25, -0.2) is 4.98 Å². The second-order valence-corrected chi connectivity index (χ2v) is 6.28. The maximum Gasteiger partial charge on any atom is 0.139 e. The van der Waals surface area contributed by atoms with Gasteiger partial charge in [0.25, 0.3) is 0 Å². The second-order valence-electron chi connectivity index (χ2n) is 6.28. The minimum atomic E-state index is 0.980. The molecule has 0 aliphatic carbocycles. The highest BCUT2D eigenvalue weighted by atomic mass is 15.0. The SMILES string of the molecule is Cn1ccnc1-c1ccc(-n2c3ccccc3c3ccccc32)cc1. The average molecular weight is 323 g/mol. The molecule has 0 spiro atoms. The zero-order chi connectivity index (χ0) is 16.8. The predicted molar refractivity (Wildman–Crippen MR) is 103 cm³/mol. The molecule has 0 aliphatic rings. The lowest BCUT2D eigenvalue weighted by Gasteiger charge is -2.09. The third kappa shape index (κ3) is 2.09. The third-order valence-corrected chi connectivity index (χ3v) is 4.78. The van der Waals surface area contributed by atoms with Crippen LogP contribution in [-0.4, -0.2) is 14.1 Å². The van der Waals surface area contributed by atoms with Crippen molar-refractivity contribution in [3.8, 4) is 17.1 Å². The number of nitrogens with zero attached hydrogens (tertiary/aromatic N) is 3. The van der Waals surface area contributed by atoms with Gasteiger partial charge in [0.05, 0.1) is 11.0 Å². The molecule has 5 aromatic rings. The fourth-order valence-corrected chi connectivity index (χ4v) is 3.60. The van der Waals surface area contributed by atoms with Crippen LogP contribution in [-0.2, 0) is 7.05 Å². The van der Waals surface area contributed by atoms with Crippen LogP contribution in [0.25, 0.3) is 38.9 Å². The number of fused-ring (bicyclic) bond motifs is 3. The summed E-state index contributed by atoms with van der Waals surface area (Å²) in [6.45, 7) is 0. The molecule has 0 radical (unpaired) electrons. The van der Waals surface area contributed by atoms with Gasteiger partial charge < -0.3 is 9.13 Å². The topological polar surface area (TPSA) is 22.8 Å². The van der Waals surface area contributed by atoms with Crippen LogP contribution < -0.4 is 0 Å². The number of rotatable bonds is 2. The van der Waals surface area contributed by atoms with Crippen molar-refractivity contribution >= 4 is 21.8 Å². The Kier molecular flexibility index (Phi) is 3.01. The monoisotopic (exact) mass is 323 g/mol. The van der Waals surface area contributed by atoms with Crippen molar-refractivity contribution in [1.82, 2.24) is 14.1 Å². The van der Waals surface area contributed by atoms with Gasteiger partial charge in [0.1, 0.15) is 5.82 Å². The summed E-state index contributed by atoms with van der Waals surface area (Å²) in [7, 11) is 2.02. The predicted octanol–water partition coefficient (Wildman–Crippen LogP) is 5.18. The van der Waals surface area contributed by atoms with Gasteiger partial charge in [-0.1, -0.05) is 36.4 Å². The van der Waals surface area contributed by atoms with E-state index in [2.05, 4.69) is 82.3 Å². The van der Waals surface area contributed by atoms with E-state index >= 15 is 0 Å². The van der Waals surface area contributed by atoms with Crippen molar-refractivity contribution in [2.45, 2.75) is 0 Å². The van der Waals surface area contributed by atoms with E-state index in [0.717, 1.165) is 17.1 Å². The molecule has 25 heavy (non-hydrogen) atoms. The minimum Gasteiger partial charge on any atom is -0.334 e. The Labute approximate surface area is 145 Å². The van der Waals surface area contributed by atoms with E-state index in [1.807, 2.05) is 24.0 Å². The van der Waals surface area contributed by atoms with E-state index in [0.29, 0.717) is 0 Å². The van der Waals surface area contributed by atoms with Crippen LogP contribution in [0.15, 0.2) is 85.2 Å². The lowest BCUT2D eigenvalue weighted by atomic mass is 10.2. The van der Waals surface area contributed by atoms with Crippen molar-refractivity contribution in [3.05, 3.63) is 85.2 Å². The Morgan fingerprint density at radius 2 is 1.32 bits per heavy atom. The molecule has 0 saturated heterocycles. The molecule has 0 atom stereocenters. The van der Waals surface area contributed by atoms with Crippen molar-refractivity contribution in [2.24, 2.45) is 7.05 Å². The van der Waals surface area contributed by atoms with Gasteiger partial charge >= 0.3 is 0 Å². The van der Waals surface area contributed by atoms with E-state index in [1.165, 1.54) is 21.8 Å². The van der Waals surface area contributed by atoms with Crippen LogP contribution in [0.5, 0.6) is 0 Å². The van der Waals surface area contributed by atoms with Gasteiger partial charge in [-0.05, 0) is 36.4 Å². The first-order chi connectivity index (χ1) is 12.3. The second kappa shape index (κ2) is 5.35. The van der Waals surface area contributed by atoms with E-state index in [-0.39, 0.29) is 0 Å². The lowest BCUT2D eigenvalue weighted by molar-refractivity contribution is 0.925. The summed E-state index contributed by atoms with van der Waals surface area (Å²) in [6.07, 6.45) is 3.80. The molecule has 0 N–H and O–H groups in total. The number of imidazole rings is 1. The summed E-state index contributed by atoms with van der Waals surface area (Å²) in [6, 6.07) is 25.8. The Hall–Kier alpha value is -3.33. The molecule has 2 aromatic heterocycles. The highest BCUT2D eigenvalue weighted by Crippen LogP contribution is 2.32. The largest absolute Gasteiger partial charge is 0.334 e. The van der Waals surface area contributed by atoms with Gasteiger partial charge in [0.15, 0.2) is 0 Å². The van der Waals surface area contributed by atoms with Crippen LogP contribution >= 0.6 is 0 Å². The van der Waals surface area contributed by atoms with Crippen molar-refractivity contribution in [1.29, 1.82) is 0 Å². The summed E-state index contributed by atoms with van der Waals surface area (Å²) < 4.78 is 4.36. The van der Waals surface area contributed by atoms with E-state index in [4.69, 9.17) is 0 Å². The summed E-state index contributed by atoms with van der Waals surface area (Å²) in [4.78, 5) is 4.43. The number of aryl methyl sites for hydroxylation is 1. The first kappa shape index (κ1) is 14.1. The molecule has 3 nitrogen and oxygen atoms in total. The molecule has 0 fully saturated rings. The van der Waals surface area contributed by atoms with Crippen molar-refractivity contribution in [2.75, 3.05) is 0 Å². The van der Waals surface area contributed by atoms with Crippen LogP contribution in [0.2, 0.25) is 0 Å². The van der Waals surface area contributed by atoms with Crippen molar-refractivity contribution < 1.29 is 0 Å². The maximum atomic E-state index is 4.43. The van der Waals surface area contributed by atoms with E-state index in [1.54, 1.807) is 0 Å². The molecular formula is C22H17N3. The number of para-hydroxylation sites is 2. The fraction of sp³-hybridized carbons (Fsp3) is 0.0455. The summed E-state index contributed by atoms with van der Waals surface area (Å²) in [5.41, 5.74) is 4.74. The molecule has 0 unspecified atom stereocenters. The molecule has 0 aliphatic heterocycles. The van der Waals surface area contributed by atoms with Gasteiger partial charge in [-0.15, -0.1) is 0 Å². The molecule has 120 valence electrons. The summed E-state index contributed by atoms with van der Waals surface area (Å²) in [5.74, 6) is 0.980. The standard InChI is InChI=1S/C22H17N3/c1-24-15-14-23-22(24)16-10-12-17(13-11-16)25-20-8-4-2-6-18(20)19-7-3-5-9-21(19)25/h2-15H,1H3. The van der Waals surface area contributed by atoms with Crippen LogP contribution in [0.3, 0.4) is 0 Å². The third-order valence-electron chi connectivity index (χ3n) is 4.78. The van der Waals surface area contributed by atoms with E-state index in [9.17, 15) is 0 Å². The Bertz CT molecular complexity index is 1140. The molecule has 0 bridgehead atoms. The minimum absolute atomic E-state index is 0.980. The first-order valence-corrected chi connectivity index (χ1v) is 8.39. The normalized spacial score (nSPS) is 11.4. The molecule has 0 amide bonds. The molecule has 0 saturated carbocycles. The first-order valence-electron chi connectivity index (χ1n) is 8.39. The summed E-state index contributed by atoms with van der Waals surface area (Å²) in [5, 5.41) is 2.57. The number of benzene rings is 3. The highest BCUT2D eigenvalue weighted by Gasteiger charge is 2.11. The zero-order valence-electron chi connectivity index (χ0n) is 13.9. The molecule has 2 heterocycles. The molecule has 5 rings (SSSR count). The van der Waals surface area contributed by atoms with Crippen molar-refractivity contribution in [3.63, 3.8) is 0 Å². The molecular weight excluding hydrogens is 306 g/mol. The summed E-state index contributed by atoms with van der Waals surface area (Å²) >= 11 is 0. The number of hydrogen-bond acceptors (Lipinski definition) is 1. The molecule has 3 aromatic carbocycles. The Morgan fingerprint density at radius 1 is 0.720 bits per heavy atom. The quantitative estimate of drug-likeness (QED) is 0.439. The van der Waals surface area contributed by atoms with Gasteiger partial charge in [-0.2, -0.15) is 0 Å². The number of hydrogen-bond donors (Lipinski definition) is 0. The number of aromatic nitrogens is 3. The average Bonchev–Trinajstić information content (AvgIpc) is 3.23. The Balaban J connectivity index is 1.74. The van der Waals surface area contributed by atoms with Crippen LogP contribution in [0.1, 0.15) is 0 Å². The fourth-order valence-electron chi connectivity index (χ4n) is 3.60. The van der Waals surface area contributed by atoms with Gasteiger partial charge in [0.2, 0.25) is 0 Å². The van der Waals surface area contributed by atoms with E-state index < -0.39 is 0 Å². The lowest BCUT2D eigenvalue weighted by Crippen LogP contribution is -1.95. The van der Waals surface area contributed by atoms with Gasteiger partial charge in [0, 0.05) is 41.5 Å². The Morgan fingerprint density at radius 3 is 1.88 bits per heavy atom. The molecule has 3 heteroatoms. The van der Waals surface area contributed by atoms with Gasteiger partial charge in [-0.3, -0.25) is 0 Å². The maximum absolute atomic E-state index is 4.43. The van der Waals surface area contributed by atoms with Crippen LogP contribution in [0.4, 0.5) is 0 Å². The van der Waals surface area contributed by atoms with Crippen LogP contribution in [0, 0.1) is 0 Å². The zero-order valence-corrected chi connectivity index (χ0v) is 13.9. The smallest absolute Gasteiger partial charge is 0.139 e.